The quantitative estimate of drug-likeness (QED) is 0.726. The number of hydrazone groups is 1. The molecule has 0 aromatic heterocycles. The van der Waals surface area contributed by atoms with Gasteiger partial charge in [0.2, 0.25) is 9.84 Å². The first-order valence-electron chi connectivity index (χ1n) is 8.61. The number of sulfone groups is 1. The molecule has 1 atom stereocenters. The molecule has 3 rings (SSSR count). The first-order chi connectivity index (χ1) is 13.8. The Balaban J connectivity index is 2.12. The van der Waals surface area contributed by atoms with Crippen LogP contribution in [0.15, 0.2) is 75.1 Å². The summed E-state index contributed by atoms with van der Waals surface area (Å²) in [5.41, 5.74) is 1.14. The lowest BCUT2D eigenvalue weighted by molar-refractivity contribution is -0.118. The van der Waals surface area contributed by atoms with Crippen molar-refractivity contribution in [3.63, 3.8) is 0 Å². The smallest absolute Gasteiger partial charge is 0.261 e. The number of carbonyl (C=O) groups excluding carboxylic acids is 1. The van der Waals surface area contributed by atoms with Crippen molar-refractivity contribution in [2.45, 2.75) is 18.7 Å². The topological polar surface area (TPSA) is 114 Å². The second kappa shape index (κ2) is 7.70. The summed E-state index contributed by atoms with van der Waals surface area (Å²) in [5, 5.41) is 24.6. The summed E-state index contributed by atoms with van der Waals surface area (Å²) in [6.45, 7) is 3.32. The summed E-state index contributed by atoms with van der Waals surface area (Å²) in [7, 11) is -4.28. The van der Waals surface area contributed by atoms with Crippen molar-refractivity contribution >= 4 is 27.1 Å². The number of para-hydroxylation sites is 1. The fraction of sp³-hybridized carbons (Fsp3) is 0.143. The van der Waals surface area contributed by atoms with Crippen LogP contribution in [0.1, 0.15) is 12.5 Å². The molecule has 0 saturated heterocycles. The van der Waals surface area contributed by atoms with E-state index in [0.29, 0.717) is 5.69 Å². The number of benzene rings is 2. The SMILES string of the molecule is CC1=NN(c2ccccc2)C(=O)C1/C(C#N)=C(/C#N)S(=O)(=O)c1ccc(C)cc1. The number of rotatable bonds is 4. The molecule has 0 spiro atoms. The van der Waals surface area contributed by atoms with Gasteiger partial charge in [-0.25, -0.2) is 8.42 Å². The van der Waals surface area contributed by atoms with Crippen molar-refractivity contribution < 1.29 is 13.2 Å². The van der Waals surface area contributed by atoms with Crippen LogP contribution in [0.2, 0.25) is 0 Å². The van der Waals surface area contributed by atoms with E-state index in [0.717, 1.165) is 10.6 Å². The monoisotopic (exact) mass is 404 g/mol. The molecule has 2 aromatic rings. The number of hydrogen-bond acceptors (Lipinski definition) is 6. The van der Waals surface area contributed by atoms with Crippen LogP contribution >= 0.6 is 0 Å². The second-order valence-electron chi connectivity index (χ2n) is 6.44. The van der Waals surface area contributed by atoms with E-state index >= 15 is 0 Å². The van der Waals surface area contributed by atoms with E-state index in [1.807, 2.05) is 0 Å². The highest BCUT2D eigenvalue weighted by Crippen LogP contribution is 2.32. The lowest BCUT2D eigenvalue weighted by Gasteiger charge is -2.14. The van der Waals surface area contributed by atoms with Gasteiger partial charge in [0.05, 0.1) is 27.9 Å². The van der Waals surface area contributed by atoms with Gasteiger partial charge < -0.3 is 0 Å². The molecular formula is C21H16N4O3S. The van der Waals surface area contributed by atoms with E-state index in [-0.39, 0.29) is 10.6 Å². The fourth-order valence-electron chi connectivity index (χ4n) is 3.00. The number of allylic oxidation sites excluding steroid dienone is 1. The van der Waals surface area contributed by atoms with Gasteiger partial charge in [-0.2, -0.15) is 20.6 Å². The number of hydrogen-bond donors (Lipinski definition) is 0. The maximum absolute atomic E-state index is 13.0. The minimum absolute atomic E-state index is 0.118. The maximum atomic E-state index is 13.0. The Kier molecular flexibility index (Phi) is 5.31. The highest BCUT2D eigenvalue weighted by atomic mass is 32.2. The van der Waals surface area contributed by atoms with E-state index < -0.39 is 32.1 Å². The first kappa shape index (κ1) is 20.0. The van der Waals surface area contributed by atoms with Crippen molar-refractivity contribution in [1.29, 1.82) is 10.5 Å². The lowest BCUT2D eigenvalue weighted by atomic mass is 9.95. The number of aryl methyl sites for hydroxylation is 1. The average Bonchev–Trinajstić information content (AvgIpc) is 3.01. The highest BCUT2D eigenvalue weighted by Gasteiger charge is 2.41. The van der Waals surface area contributed by atoms with Gasteiger partial charge >= 0.3 is 0 Å². The van der Waals surface area contributed by atoms with Gasteiger partial charge in [0.1, 0.15) is 12.0 Å². The average molecular weight is 404 g/mol. The van der Waals surface area contributed by atoms with E-state index in [9.17, 15) is 23.7 Å². The summed E-state index contributed by atoms with van der Waals surface area (Å²) < 4.78 is 26.0. The van der Waals surface area contributed by atoms with Crippen LogP contribution < -0.4 is 5.01 Å². The Hall–Kier alpha value is -3.75. The molecule has 29 heavy (non-hydrogen) atoms. The fourth-order valence-corrected chi connectivity index (χ4v) is 4.30. The van der Waals surface area contributed by atoms with Gasteiger partial charge in [0.25, 0.3) is 5.91 Å². The van der Waals surface area contributed by atoms with E-state index in [4.69, 9.17) is 0 Å². The molecule has 0 radical (unpaired) electrons. The molecule has 0 bridgehead atoms. The molecule has 8 heteroatoms. The Morgan fingerprint density at radius 1 is 1.00 bits per heavy atom. The molecule has 1 aliphatic rings. The van der Waals surface area contributed by atoms with Crippen LogP contribution in [0.25, 0.3) is 0 Å². The third-order valence-electron chi connectivity index (χ3n) is 4.49. The second-order valence-corrected chi connectivity index (χ2v) is 8.33. The molecule has 1 heterocycles. The number of nitrogens with zero attached hydrogens (tertiary/aromatic N) is 4. The van der Waals surface area contributed by atoms with Gasteiger partial charge in [0, 0.05) is 0 Å². The number of amides is 1. The summed E-state index contributed by atoms with van der Waals surface area (Å²) in [5.74, 6) is -1.83. The third-order valence-corrected chi connectivity index (χ3v) is 6.23. The van der Waals surface area contributed by atoms with Gasteiger partial charge in [-0.05, 0) is 38.1 Å². The minimum Gasteiger partial charge on any atom is -0.271 e. The van der Waals surface area contributed by atoms with Crippen LogP contribution in [-0.2, 0) is 14.6 Å². The van der Waals surface area contributed by atoms with Crippen molar-refractivity contribution in [3.8, 4) is 12.1 Å². The molecule has 0 N–H and O–H groups in total. The Bertz CT molecular complexity index is 1220. The molecule has 7 nitrogen and oxygen atoms in total. The molecule has 144 valence electrons. The van der Waals surface area contributed by atoms with E-state index in [1.165, 1.54) is 19.1 Å². The van der Waals surface area contributed by atoms with E-state index in [1.54, 1.807) is 61.5 Å². The molecule has 1 amide bonds. The Morgan fingerprint density at radius 2 is 1.62 bits per heavy atom. The predicted molar refractivity (Wildman–Crippen MR) is 107 cm³/mol. The van der Waals surface area contributed by atoms with Crippen LogP contribution in [0.5, 0.6) is 0 Å². The highest BCUT2D eigenvalue weighted by molar-refractivity contribution is 7.95. The molecule has 2 aromatic carbocycles. The number of carbonyl (C=O) groups is 1. The van der Waals surface area contributed by atoms with E-state index in [2.05, 4.69) is 5.10 Å². The molecule has 0 fully saturated rings. The van der Waals surface area contributed by atoms with Crippen LogP contribution in [0.3, 0.4) is 0 Å². The predicted octanol–water partition coefficient (Wildman–Crippen LogP) is 3.11. The molecule has 1 unspecified atom stereocenters. The normalized spacial score (nSPS) is 17.2. The summed E-state index contributed by atoms with van der Waals surface area (Å²) in [6.07, 6.45) is 0. The lowest BCUT2D eigenvalue weighted by Crippen LogP contribution is -2.29. The molecule has 0 aliphatic carbocycles. The van der Waals surface area contributed by atoms with Crippen LogP contribution in [0, 0.1) is 35.5 Å². The summed E-state index contributed by atoms with van der Waals surface area (Å²) in [4.78, 5) is 12.1. The minimum atomic E-state index is -4.28. The van der Waals surface area contributed by atoms with Gasteiger partial charge in [-0.15, -0.1) is 0 Å². The standard InChI is InChI=1S/C21H16N4O3S/c1-14-8-10-17(11-9-14)29(27,28)19(13-23)18(12-22)20-15(2)24-25(21(20)26)16-6-4-3-5-7-16/h3-11,20H,1-2H3/b19-18-. The summed E-state index contributed by atoms with van der Waals surface area (Å²) >= 11 is 0. The molecular weight excluding hydrogens is 388 g/mol. The Morgan fingerprint density at radius 3 is 2.17 bits per heavy atom. The Labute approximate surface area is 168 Å². The van der Waals surface area contributed by atoms with Crippen molar-refractivity contribution in [2.24, 2.45) is 11.0 Å². The molecule has 1 aliphatic heterocycles. The maximum Gasteiger partial charge on any atom is 0.261 e. The largest absolute Gasteiger partial charge is 0.271 e. The molecule has 0 saturated carbocycles. The van der Waals surface area contributed by atoms with Gasteiger partial charge in [-0.3, -0.25) is 4.79 Å². The van der Waals surface area contributed by atoms with Crippen LogP contribution in [0.4, 0.5) is 5.69 Å². The zero-order valence-corrected chi connectivity index (χ0v) is 16.5. The van der Waals surface area contributed by atoms with Crippen molar-refractivity contribution in [3.05, 3.63) is 70.6 Å². The van der Waals surface area contributed by atoms with Crippen molar-refractivity contribution in [1.82, 2.24) is 0 Å². The number of nitriles is 2. The zero-order chi connectivity index (χ0) is 21.2. The first-order valence-corrected chi connectivity index (χ1v) is 10.1. The van der Waals surface area contributed by atoms with Crippen LogP contribution in [-0.4, -0.2) is 20.0 Å². The zero-order valence-electron chi connectivity index (χ0n) is 15.7. The van der Waals surface area contributed by atoms with Crippen molar-refractivity contribution in [2.75, 3.05) is 5.01 Å². The number of anilines is 1. The van der Waals surface area contributed by atoms with Gasteiger partial charge in [-0.1, -0.05) is 35.9 Å². The summed E-state index contributed by atoms with van der Waals surface area (Å²) in [6, 6.07) is 17.9. The third kappa shape index (κ3) is 3.54. The van der Waals surface area contributed by atoms with Gasteiger partial charge in [0.15, 0.2) is 4.91 Å².